The Hall–Kier alpha value is -2.35. The molecule has 0 bridgehead atoms. The summed E-state index contributed by atoms with van der Waals surface area (Å²) < 4.78 is 0. The standard InChI is InChI=1S/C13H14N4O/c1-2-7-17-11(12(15)16-13(17)18)10-5-3-9(8-14)4-6-10/h3-6,11H,2,7H2,1H3,(H2,15,16,18). The molecule has 1 aliphatic heterocycles. The molecule has 0 spiro atoms. The number of carbonyl (C=O) groups is 1. The summed E-state index contributed by atoms with van der Waals surface area (Å²) in [5.41, 5.74) is 7.28. The normalized spacial score (nSPS) is 18.7. The van der Waals surface area contributed by atoms with E-state index in [1.807, 2.05) is 19.1 Å². The first kappa shape index (κ1) is 12.1. The van der Waals surface area contributed by atoms with E-state index in [9.17, 15) is 4.79 Å². The van der Waals surface area contributed by atoms with Gasteiger partial charge in [0.2, 0.25) is 0 Å². The molecule has 1 aromatic carbocycles. The molecular formula is C13H14N4O. The summed E-state index contributed by atoms with van der Waals surface area (Å²) in [6, 6.07) is 8.53. The third-order valence-corrected chi connectivity index (χ3v) is 2.88. The van der Waals surface area contributed by atoms with E-state index in [1.165, 1.54) is 0 Å². The van der Waals surface area contributed by atoms with Crippen LogP contribution in [0.2, 0.25) is 0 Å². The molecule has 2 amide bonds. The summed E-state index contributed by atoms with van der Waals surface area (Å²) in [5.74, 6) is 0.318. The number of carbonyl (C=O) groups excluding carboxylic acids is 1. The smallest absolute Gasteiger partial charge is 0.346 e. The van der Waals surface area contributed by atoms with Crippen LogP contribution in [0.3, 0.4) is 0 Å². The molecule has 0 fully saturated rings. The summed E-state index contributed by atoms with van der Waals surface area (Å²) >= 11 is 0. The average Bonchev–Trinajstić information content (AvgIpc) is 2.65. The molecule has 0 saturated carbocycles. The zero-order valence-corrected chi connectivity index (χ0v) is 10.1. The molecule has 1 atom stereocenters. The van der Waals surface area contributed by atoms with Crippen LogP contribution < -0.4 is 5.73 Å². The molecule has 1 aromatic rings. The molecule has 18 heavy (non-hydrogen) atoms. The van der Waals surface area contributed by atoms with E-state index in [2.05, 4.69) is 11.1 Å². The van der Waals surface area contributed by atoms with Crippen molar-refractivity contribution >= 4 is 11.9 Å². The molecule has 2 rings (SSSR count). The Morgan fingerprint density at radius 2 is 2.11 bits per heavy atom. The number of amidine groups is 1. The van der Waals surface area contributed by atoms with Crippen LogP contribution in [0, 0.1) is 11.3 Å². The van der Waals surface area contributed by atoms with E-state index in [0.717, 1.165) is 12.0 Å². The minimum Gasteiger partial charge on any atom is -0.385 e. The van der Waals surface area contributed by atoms with Crippen LogP contribution in [0.4, 0.5) is 4.79 Å². The monoisotopic (exact) mass is 242 g/mol. The Kier molecular flexibility index (Phi) is 3.28. The highest BCUT2D eigenvalue weighted by molar-refractivity contribution is 6.03. The maximum Gasteiger partial charge on any atom is 0.346 e. The number of aliphatic imine (C=N–C) groups is 1. The van der Waals surface area contributed by atoms with E-state index in [4.69, 9.17) is 11.0 Å². The lowest BCUT2D eigenvalue weighted by molar-refractivity contribution is 0.206. The van der Waals surface area contributed by atoms with Crippen LogP contribution in [-0.4, -0.2) is 23.3 Å². The van der Waals surface area contributed by atoms with Gasteiger partial charge in [-0.25, -0.2) is 4.79 Å². The predicted molar refractivity (Wildman–Crippen MR) is 67.9 cm³/mol. The minimum absolute atomic E-state index is 0.288. The third-order valence-electron chi connectivity index (χ3n) is 2.88. The van der Waals surface area contributed by atoms with Crippen molar-refractivity contribution in [1.82, 2.24) is 4.90 Å². The van der Waals surface area contributed by atoms with Crippen molar-refractivity contribution in [3.63, 3.8) is 0 Å². The van der Waals surface area contributed by atoms with Crippen LogP contribution in [0.25, 0.3) is 0 Å². The Balaban J connectivity index is 2.32. The van der Waals surface area contributed by atoms with Gasteiger partial charge in [0.25, 0.3) is 0 Å². The molecule has 1 heterocycles. The van der Waals surface area contributed by atoms with Crippen LogP contribution in [0.1, 0.15) is 30.5 Å². The van der Waals surface area contributed by atoms with E-state index in [0.29, 0.717) is 17.9 Å². The lowest BCUT2D eigenvalue weighted by Crippen LogP contribution is -2.33. The minimum atomic E-state index is -0.301. The van der Waals surface area contributed by atoms with Gasteiger partial charge in [-0.05, 0) is 24.1 Å². The SMILES string of the molecule is CCCN1C(=O)N=C(N)C1c1ccc(C#N)cc1. The number of nitriles is 1. The van der Waals surface area contributed by atoms with Crippen LogP contribution in [0.5, 0.6) is 0 Å². The number of urea groups is 1. The van der Waals surface area contributed by atoms with Gasteiger partial charge in [-0.2, -0.15) is 10.3 Å². The number of benzene rings is 1. The van der Waals surface area contributed by atoms with Gasteiger partial charge in [0, 0.05) is 6.54 Å². The van der Waals surface area contributed by atoms with Crippen molar-refractivity contribution in [2.24, 2.45) is 10.7 Å². The van der Waals surface area contributed by atoms with Crippen LogP contribution in [-0.2, 0) is 0 Å². The Bertz CT molecular complexity index is 527. The van der Waals surface area contributed by atoms with Gasteiger partial charge < -0.3 is 10.6 Å². The first-order valence-electron chi connectivity index (χ1n) is 5.82. The van der Waals surface area contributed by atoms with Gasteiger partial charge in [0.05, 0.1) is 11.6 Å². The topological polar surface area (TPSA) is 82.5 Å². The van der Waals surface area contributed by atoms with Crippen LogP contribution in [0.15, 0.2) is 29.3 Å². The number of hydrogen-bond donors (Lipinski definition) is 1. The van der Waals surface area contributed by atoms with Crippen molar-refractivity contribution in [2.45, 2.75) is 19.4 Å². The summed E-state index contributed by atoms with van der Waals surface area (Å²) in [6.07, 6.45) is 0.849. The van der Waals surface area contributed by atoms with Crippen LogP contribution >= 0.6 is 0 Å². The number of rotatable bonds is 3. The molecule has 2 N–H and O–H groups in total. The van der Waals surface area contributed by atoms with Gasteiger partial charge in [-0.3, -0.25) is 0 Å². The predicted octanol–water partition coefficient (Wildman–Crippen LogP) is 1.80. The number of amides is 2. The molecule has 0 radical (unpaired) electrons. The molecule has 5 nitrogen and oxygen atoms in total. The fourth-order valence-corrected chi connectivity index (χ4v) is 2.06. The lowest BCUT2D eigenvalue weighted by atomic mass is 10.0. The van der Waals surface area contributed by atoms with E-state index >= 15 is 0 Å². The largest absolute Gasteiger partial charge is 0.385 e. The Morgan fingerprint density at radius 3 is 2.67 bits per heavy atom. The molecule has 1 unspecified atom stereocenters. The zero-order chi connectivity index (χ0) is 13.1. The quantitative estimate of drug-likeness (QED) is 0.877. The number of hydrogen-bond acceptors (Lipinski definition) is 3. The summed E-state index contributed by atoms with van der Waals surface area (Å²) in [4.78, 5) is 17.1. The van der Waals surface area contributed by atoms with Crippen molar-refractivity contribution < 1.29 is 4.79 Å². The van der Waals surface area contributed by atoms with E-state index in [-0.39, 0.29) is 12.1 Å². The van der Waals surface area contributed by atoms with E-state index in [1.54, 1.807) is 17.0 Å². The van der Waals surface area contributed by atoms with Crippen molar-refractivity contribution in [3.05, 3.63) is 35.4 Å². The molecule has 0 aromatic heterocycles. The van der Waals surface area contributed by atoms with Crippen molar-refractivity contribution in [2.75, 3.05) is 6.54 Å². The summed E-state index contributed by atoms with van der Waals surface area (Å²) in [5, 5.41) is 8.76. The second-order valence-corrected chi connectivity index (χ2v) is 4.15. The maximum atomic E-state index is 11.7. The fourth-order valence-electron chi connectivity index (χ4n) is 2.06. The summed E-state index contributed by atoms with van der Waals surface area (Å²) in [7, 11) is 0. The number of nitrogens with two attached hydrogens (primary N) is 1. The van der Waals surface area contributed by atoms with Gasteiger partial charge in [0.1, 0.15) is 11.9 Å². The van der Waals surface area contributed by atoms with Crippen molar-refractivity contribution in [3.8, 4) is 6.07 Å². The Morgan fingerprint density at radius 1 is 1.44 bits per heavy atom. The first-order valence-corrected chi connectivity index (χ1v) is 5.82. The maximum absolute atomic E-state index is 11.7. The highest BCUT2D eigenvalue weighted by atomic mass is 16.2. The fraction of sp³-hybridized carbons (Fsp3) is 0.308. The highest BCUT2D eigenvalue weighted by Gasteiger charge is 2.33. The molecule has 0 saturated heterocycles. The molecule has 5 heteroatoms. The van der Waals surface area contributed by atoms with Gasteiger partial charge in [-0.1, -0.05) is 19.1 Å². The molecule has 1 aliphatic rings. The van der Waals surface area contributed by atoms with Gasteiger partial charge in [-0.15, -0.1) is 0 Å². The third kappa shape index (κ3) is 2.05. The second kappa shape index (κ2) is 4.88. The Labute approximate surface area is 106 Å². The second-order valence-electron chi connectivity index (χ2n) is 4.15. The average molecular weight is 242 g/mol. The summed E-state index contributed by atoms with van der Waals surface area (Å²) in [6.45, 7) is 2.62. The molecule has 92 valence electrons. The molecule has 0 aliphatic carbocycles. The molecular weight excluding hydrogens is 228 g/mol. The van der Waals surface area contributed by atoms with Gasteiger partial charge >= 0.3 is 6.03 Å². The highest BCUT2D eigenvalue weighted by Crippen LogP contribution is 2.27. The van der Waals surface area contributed by atoms with E-state index < -0.39 is 0 Å². The van der Waals surface area contributed by atoms with Gasteiger partial charge in [0.15, 0.2) is 0 Å². The zero-order valence-electron chi connectivity index (χ0n) is 10.1. The lowest BCUT2D eigenvalue weighted by Gasteiger charge is -2.23. The number of nitrogens with zero attached hydrogens (tertiary/aromatic N) is 3. The van der Waals surface area contributed by atoms with Crippen molar-refractivity contribution in [1.29, 1.82) is 5.26 Å². The first-order chi connectivity index (χ1) is 8.67.